The van der Waals surface area contributed by atoms with Crippen molar-refractivity contribution < 1.29 is 73.5 Å². The number of amides is 9. The molecular formula is C42H58N10O15. The molecule has 25 heteroatoms. The van der Waals surface area contributed by atoms with Crippen molar-refractivity contribution in [3.05, 3.63) is 59.7 Å². The molecule has 0 spiro atoms. The van der Waals surface area contributed by atoms with Gasteiger partial charge in [0.25, 0.3) is 0 Å². The Morgan fingerprint density at radius 1 is 0.687 bits per heavy atom. The average Bonchev–Trinajstić information content (AvgIpc) is 3.78. The molecule has 1 heterocycles. The molecule has 0 saturated carbocycles. The Labute approximate surface area is 383 Å². The molecule has 0 aromatic heterocycles. The number of carbonyl (C=O) groups excluding carboxylic acids is 9. The number of nitrogens with zero attached hydrogens (tertiary/aromatic N) is 1. The van der Waals surface area contributed by atoms with E-state index < -0.39 is 121 Å². The Balaban J connectivity index is 1.73. The van der Waals surface area contributed by atoms with Crippen LogP contribution in [0.3, 0.4) is 0 Å². The second kappa shape index (κ2) is 25.9. The molecule has 2 aromatic carbocycles. The van der Waals surface area contributed by atoms with Crippen molar-refractivity contribution in [3.8, 4) is 11.5 Å². The lowest BCUT2D eigenvalue weighted by atomic mass is 10.0. The second-order valence-electron chi connectivity index (χ2n) is 15.8. The van der Waals surface area contributed by atoms with E-state index in [0.29, 0.717) is 11.1 Å². The lowest BCUT2D eigenvalue weighted by Crippen LogP contribution is -2.59. The number of aliphatic carboxylic acids is 1. The van der Waals surface area contributed by atoms with Crippen molar-refractivity contribution in [2.45, 2.75) is 107 Å². The summed E-state index contributed by atoms with van der Waals surface area (Å²) in [5, 5.41) is 63.2. The number of hydrogen-bond acceptors (Lipinski definition) is 15. The molecule has 1 aliphatic rings. The summed E-state index contributed by atoms with van der Waals surface area (Å²) < 4.78 is 0. The number of nitrogens with one attached hydrogen (secondary N) is 6. The first kappa shape index (κ1) is 54.0. The topological polar surface area (TPSA) is 425 Å². The number of carbonyl (C=O) groups is 10. The molecule has 17 N–H and O–H groups in total. The summed E-state index contributed by atoms with van der Waals surface area (Å²) in [7, 11) is 0. The van der Waals surface area contributed by atoms with E-state index in [0.717, 1.165) is 11.8 Å². The van der Waals surface area contributed by atoms with E-state index in [2.05, 4.69) is 31.9 Å². The molecule has 1 saturated heterocycles. The molecule has 0 bridgehead atoms. The van der Waals surface area contributed by atoms with Crippen LogP contribution >= 0.6 is 0 Å². The Hall–Kier alpha value is -7.38. The van der Waals surface area contributed by atoms with Gasteiger partial charge in [-0.15, -0.1) is 0 Å². The van der Waals surface area contributed by atoms with E-state index >= 15 is 0 Å². The van der Waals surface area contributed by atoms with Crippen LogP contribution in [0.4, 0.5) is 0 Å². The maximum absolute atomic E-state index is 13.7. The van der Waals surface area contributed by atoms with E-state index in [9.17, 15) is 73.5 Å². The van der Waals surface area contributed by atoms with Crippen molar-refractivity contribution in [3.63, 3.8) is 0 Å². The van der Waals surface area contributed by atoms with Gasteiger partial charge in [0.15, 0.2) is 6.04 Å². The number of hydrogen-bond donors (Lipinski definition) is 14. The molecule has 8 atom stereocenters. The van der Waals surface area contributed by atoms with Gasteiger partial charge >= 0.3 is 5.97 Å². The maximum Gasteiger partial charge on any atom is 0.328 e. The number of rotatable bonds is 26. The van der Waals surface area contributed by atoms with Gasteiger partial charge in [-0.05, 0) is 68.0 Å². The number of carboxylic acid groups (broad SMARTS) is 1. The van der Waals surface area contributed by atoms with Gasteiger partial charge in [0, 0.05) is 32.2 Å². The second-order valence-corrected chi connectivity index (χ2v) is 15.8. The van der Waals surface area contributed by atoms with Crippen LogP contribution in [-0.4, -0.2) is 158 Å². The van der Waals surface area contributed by atoms with Crippen LogP contribution in [0.2, 0.25) is 0 Å². The number of aromatic hydroxyl groups is 2. The third kappa shape index (κ3) is 17.5. The third-order valence-electron chi connectivity index (χ3n) is 10.5. The summed E-state index contributed by atoms with van der Waals surface area (Å²) in [5.74, 6) is -9.81. The number of carboxylic acids is 1. The highest BCUT2D eigenvalue weighted by Gasteiger charge is 2.40. The van der Waals surface area contributed by atoms with Crippen LogP contribution in [0.25, 0.3) is 0 Å². The summed E-state index contributed by atoms with van der Waals surface area (Å²) >= 11 is 0. The Morgan fingerprint density at radius 2 is 1.19 bits per heavy atom. The molecule has 0 unspecified atom stereocenters. The van der Waals surface area contributed by atoms with Crippen LogP contribution in [0.15, 0.2) is 48.5 Å². The first-order valence-corrected chi connectivity index (χ1v) is 21.1. The third-order valence-corrected chi connectivity index (χ3v) is 10.5. The number of likely N-dealkylation sites (tertiary alicyclic amines) is 1. The van der Waals surface area contributed by atoms with Crippen LogP contribution in [0.1, 0.15) is 56.6 Å². The number of phenolic OH excluding ortho intramolecular Hbond substituents is 2. The van der Waals surface area contributed by atoms with E-state index in [1.54, 1.807) is 0 Å². The minimum absolute atomic E-state index is 0.0171. The largest absolute Gasteiger partial charge is 0.508 e. The van der Waals surface area contributed by atoms with Gasteiger partial charge in [0.1, 0.15) is 41.7 Å². The highest BCUT2D eigenvalue weighted by Crippen LogP contribution is 2.20. The molecule has 3 rings (SSSR count). The minimum Gasteiger partial charge on any atom is -0.508 e. The number of aliphatic hydroxyl groups is 2. The molecule has 2 aromatic rings. The van der Waals surface area contributed by atoms with Gasteiger partial charge in [-0.1, -0.05) is 24.3 Å². The summed E-state index contributed by atoms with van der Waals surface area (Å²) in [6.45, 7) is -0.654. The number of aliphatic hydroxyl groups excluding tert-OH is 2. The van der Waals surface area contributed by atoms with Crippen molar-refractivity contribution >= 4 is 59.1 Å². The molecular weight excluding hydrogens is 885 g/mol. The van der Waals surface area contributed by atoms with Crippen LogP contribution in [-0.2, 0) is 60.8 Å². The molecule has 0 radical (unpaired) electrons. The predicted molar refractivity (Wildman–Crippen MR) is 232 cm³/mol. The quantitative estimate of drug-likeness (QED) is 0.0419. The molecule has 9 amide bonds. The zero-order chi connectivity index (χ0) is 50.0. The first-order chi connectivity index (χ1) is 31.6. The number of nitrogens with two attached hydrogens (primary N) is 3. The fourth-order valence-corrected chi connectivity index (χ4v) is 6.82. The van der Waals surface area contributed by atoms with Crippen molar-refractivity contribution in [2.24, 2.45) is 17.2 Å². The summed E-state index contributed by atoms with van der Waals surface area (Å²) in [6, 6.07) is 0.820. The summed E-state index contributed by atoms with van der Waals surface area (Å²) in [4.78, 5) is 130. The molecule has 366 valence electrons. The number of benzene rings is 2. The standard InChI is InChI=1S/C42H58N10O15/c1-21(54)35(42(66)67)51-39(63)29(18-23-6-10-25(56)11-7-23)50-40(64)31-3-2-16-52(31)41(65)30(20-53)47-34(59)19-46-37(61)28(17-22-4-8-24(55)9-5-22)49-38(62)27(13-15-33(45)58)48-36(60)26(43)12-14-32(44)57/h4-11,21,26-31,35,53-56H,2-3,12-20,43H2,1H3,(H2,44,57)(H2,45,58)(H,46,61)(H,47,59)(H,48,60)(H,49,62)(H,50,64)(H,51,63)(H,66,67)/t21-,26+,27+,28+,29+,30+,31+,35+/m1/s1. The normalized spacial score (nSPS) is 16.4. The van der Waals surface area contributed by atoms with E-state index in [4.69, 9.17) is 17.2 Å². The number of primary amides is 2. The smallest absolute Gasteiger partial charge is 0.328 e. The van der Waals surface area contributed by atoms with Gasteiger partial charge in [-0.25, -0.2) is 4.79 Å². The maximum atomic E-state index is 13.7. The van der Waals surface area contributed by atoms with Crippen molar-refractivity contribution in [1.82, 2.24) is 36.8 Å². The minimum atomic E-state index is -1.74. The monoisotopic (exact) mass is 942 g/mol. The van der Waals surface area contributed by atoms with Crippen molar-refractivity contribution in [1.29, 1.82) is 0 Å². The SMILES string of the molecule is C[C@@H](O)[C@H](NC(=O)[C@H](Cc1ccc(O)cc1)NC(=O)[C@@H]1CCCN1C(=O)[C@H](CO)NC(=O)CNC(=O)[C@H](Cc1ccc(O)cc1)NC(=O)[C@H](CCC(N)=O)NC(=O)[C@@H](N)CCC(N)=O)C(=O)O. The Bertz CT molecular complexity index is 2100. The zero-order valence-corrected chi connectivity index (χ0v) is 36.5. The molecule has 1 fully saturated rings. The number of phenols is 2. The molecule has 25 nitrogen and oxygen atoms in total. The fourth-order valence-electron chi connectivity index (χ4n) is 6.82. The molecule has 67 heavy (non-hydrogen) atoms. The fraction of sp³-hybridized carbons (Fsp3) is 0.476. The Kier molecular flexibility index (Phi) is 20.9. The van der Waals surface area contributed by atoms with Crippen LogP contribution in [0, 0.1) is 0 Å². The highest BCUT2D eigenvalue weighted by molar-refractivity contribution is 5.97. The summed E-state index contributed by atoms with van der Waals surface area (Å²) in [6.07, 6.45) is -2.69. The van der Waals surface area contributed by atoms with E-state index in [1.165, 1.54) is 48.5 Å². The highest BCUT2D eigenvalue weighted by atomic mass is 16.4. The van der Waals surface area contributed by atoms with Gasteiger partial charge in [-0.2, -0.15) is 0 Å². The van der Waals surface area contributed by atoms with Gasteiger partial charge < -0.3 is 79.5 Å². The van der Waals surface area contributed by atoms with E-state index in [-0.39, 0.29) is 69.4 Å². The first-order valence-electron chi connectivity index (χ1n) is 21.1. The van der Waals surface area contributed by atoms with Crippen LogP contribution in [0.5, 0.6) is 11.5 Å². The zero-order valence-electron chi connectivity index (χ0n) is 36.5. The van der Waals surface area contributed by atoms with Gasteiger partial charge in [0.2, 0.25) is 53.2 Å². The molecule has 1 aliphatic heterocycles. The van der Waals surface area contributed by atoms with Crippen LogP contribution < -0.4 is 49.1 Å². The average molecular weight is 943 g/mol. The van der Waals surface area contributed by atoms with E-state index in [1.807, 2.05) is 0 Å². The lowest BCUT2D eigenvalue weighted by molar-refractivity contribution is -0.145. The summed E-state index contributed by atoms with van der Waals surface area (Å²) in [5.41, 5.74) is 17.1. The Morgan fingerprint density at radius 3 is 1.70 bits per heavy atom. The molecule has 0 aliphatic carbocycles. The van der Waals surface area contributed by atoms with Gasteiger partial charge in [-0.3, -0.25) is 43.2 Å². The van der Waals surface area contributed by atoms with Gasteiger partial charge in [0.05, 0.1) is 25.3 Å². The predicted octanol–water partition coefficient (Wildman–Crippen LogP) is -5.27. The lowest BCUT2D eigenvalue weighted by Gasteiger charge is -2.29. The van der Waals surface area contributed by atoms with Crippen molar-refractivity contribution in [2.75, 3.05) is 19.7 Å².